The van der Waals surface area contributed by atoms with Crippen molar-refractivity contribution in [2.75, 3.05) is 7.11 Å². The molecule has 82 valence electrons. The zero-order valence-electron chi connectivity index (χ0n) is 9.54. The molecule has 3 heteroatoms. The van der Waals surface area contributed by atoms with Gasteiger partial charge in [0, 0.05) is 6.04 Å². The molecule has 0 aromatic carbocycles. The van der Waals surface area contributed by atoms with Gasteiger partial charge in [0.05, 0.1) is 13.0 Å². The molecule has 3 unspecified atom stereocenters. The molecule has 0 aromatic rings. The van der Waals surface area contributed by atoms with E-state index in [1.807, 2.05) is 0 Å². The number of nitrogens with two attached hydrogens (primary N) is 1. The van der Waals surface area contributed by atoms with Crippen LogP contribution in [0.25, 0.3) is 0 Å². The lowest BCUT2D eigenvalue weighted by Crippen LogP contribution is -2.39. The van der Waals surface area contributed by atoms with Crippen molar-refractivity contribution in [1.82, 2.24) is 0 Å². The molecule has 1 aliphatic carbocycles. The summed E-state index contributed by atoms with van der Waals surface area (Å²) in [5.74, 6) is 0.0971. The minimum absolute atomic E-state index is 0.0216. The summed E-state index contributed by atoms with van der Waals surface area (Å²) in [7, 11) is 1.44. The molecule has 0 bridgehead atoms. The topological polar surface area (TPSA) is 52.3 Å². The summed E-state index contributed by atoms with van der Waals surface area (Å²) in [5, 5.41) is 0. The molecule has 2 N–H and O–H groups in total. The number of rotatable bonds is 1. The maximum atomic E-state index is 11.6. The highest BCUT2D eigenvalue weighted by Gasteiger charge is 2.45. The number of ether oxygens (including phenoxy) is 1. The Hall–Kier alpha value is -0.570. The van der Waals surface area contributed by atoms with Gasteiger partial charge in [0.25, 0.3) is 0 Å². The van der Waals surface area contributed by atoms with Crippen LogP contribution in [0.3, 0.4) is 0 Å². The zero-order valence-corrected chi connectivity index (χ0v) is 9.54. The Morgan fingerprint density at radius 1 is 1.36 bits per heavy atom. The molecule has 1 saturated carbocycles. The van der Waals surface area contributed by atoms with E-state index in [0.29, 0.717) is 5.92 Å². The SMILES string of the molecule is COC(=O)C1C(N)CCC1C(C)(C)C. The first-order valence-electron chi connectivity index (χ1n) is 5.21. The van der Waals surface area contributed by atoms with E-state index < -0.39 is 0 Å². The van der Waals surface area contributed by atoms with Gasteiger partial charge in [-0.15, -0.1) is 0 Å². The maximum Gasteiger partial charge on any atom is 0.310 e. The van der Waals surface area contributed by atoms with Gasteiger partial charge >= 0.3 is 5.97 Å². The van der Waals surface area contributed by atoms with Gasteiger partial charge in [-0.3, -0.25) is 4.79 Å². The number of esters is 1. The second kappa shape index (κ2) is 3.89. The van der Waals surface area contributed by atoms with Gasteiger partial charge in [0.2, 0.25) is 0 Å². The number of carbonyl (C=O) groups is 1. The Morgan fingerprint density at radius 2 is 1.93 bits per heavy atom. The maximum absolute atomic E-state index is 11.6. The van der Waals surface area contributed by atoms with Crippen LogP contribution in [-0.4, -0.2) is 19.1 Å². The molecular formula is C11H21NO2. The van der Waals surface area contributed by atoms with E-state index in [2.05, 4.69) is 20.8 Å². The fraction of sp³-hybridized carbons (Fsp3) is 0.909. The molecule has 1 aliphatic rings. The predicted molar refractivity (Wildman–Crippen MR) is 55.7 cm³/mol. The number of carbonyl (C=O) groups excluding carboxylic acids is 1. The third-order valence-corrected chi connectivity index (χ3v) is 3.29. The molecule has 0 saturated heterocycles. The van der Waals surface area contributed by atoms with Gasteiger partial charge in [-0.25, -0.2) is 0 Å². The van der Waals surface area contributed by atoms with Crippen LogP contribution in [0.15, 0.2) is 0 Å². The quantitative estimate of drug-likeness (QED) is 0.652. The highest BCUT2D eigenvalue weighted by atomic mass is 16.5. The van der Waals surface area contributed by atoms with E-state index in [0.717, 1.165) is 12.8 Å². The fourth-order valence-corrected chi connectivity index (χ4v) is 2.48. The van der Waals surface area contributed by atoms with Crippen LogP contribution in [0.1, 0.15) is 33.6 Å². The van der Waals surface area contributed by atoms with E-state index in [-0.39, 0.29) is 23.3 Å². The summed E-state index contributed by atoms with van der Waals surface area (Å²) < 4.78 is 4.81. The van der Waals surface area contributed by atoms with Crippen molar-refractivity contribution >= 4 is 5.97 Å². The number of hydrogen-bond donors (Lipinski definition) is 1. The molecular weight excluding hydrogens is 178 g/mol. The first-order chi connectivity index (χ1) is 6.38. The molecule has 1 rings (SSSR count). The van der Waals surface area contributed by atoms with Crippen LogP contribution >= 0.6 is 0 Å². The molecule has 3 nitrogen and oxygen atoms in total. The van der Waals surface area contributed by atoms with Crippen molar-refractivity contribution < 1.29 is 9.53 Å². The second-order valence-corrected chi connectivity index (χ2v) is 5.26. The van der Waals surface area contributed by atoms with Gasteiger partial charge in [-0.05, 0) is 24.2 Å². The molecule has 0 amide bonds. The van der Waals surface area contributed by atoms with E-state index >= 15 is 0 Å². The first-order valence-corrected chi connectivity index (χ1v) is 5.21. The Labute approximate surface area is 86.0 Å². The molecule has 1 fully saturated rings. The third-order valence-electron chi connectivity index (χ3n) is 3.29. The second-order valence-electron chi connectivity index (χ2n) is 5.26. The van der Waals surface area contributed by atoms with E-state index in [4.69, 9.17) is 10.5 Å². The minimum atomic E-state index is -0.144. The number of hydrogen-bond acceptors (Lipinski definition) is 3. The molecule has 0 aromatic heterocycles. The molecule has 0 spiro atoms. The summed E-state index contributed by atoms with van der Waals surface area (Å²) in [6.07, 6.45) is 1.96. The van der Waals surface area contributed by atoms with E-state index in [1.54, 1.807) is 0 Å². The largest absolute Gasteiger partial charge is 0.469 e. The van der Waals surface area contributed by atoms with Crippen molar-refractivity contribution in [2.45, 2.75) is 39.7 Å². The lowest BCUT2D eigenvalue weighted by molar-refractivity contribution is -0.148. The van der Waals surface area contributed by atoms with Crippen molar-refractivity contribution in [3.63, 3.8) is 0 Å². The third kappa shape index (κ3) is 2.08. The highest BCUT2D eigenvalue weighted by molar-refractivity contribution is 5.74. The summed E-state index contributed by atoms with van der Waals surface area (Å²) in [6.45, 7) is 6.48. The Balaban J connectivity index is 2.82. The van der Waals surface area contributed by atoms with Gasteiger partial charge in [0.15, 0.2) is 0 Å². The number of methoxy groups -OCH3 is 1. The smallest absolute Gasteiger partial charge is 0.310 e. The summed E-state index contributed by atoms with van der Waals surface area (Å²) in [4.78, 5) is 11.6. The van der Waals surface area contributed by atoms with Crippen LogP contribution in [0.2, 0.25) is 0 Å². The average Bonchev–Trinajstić information content (AvgIpc) is 2.45. The summed E-state index contributed by atoms with van der Waals surface area (Å²) >= 11 is 0. The van der Waals surface area contributed by atoms with Crippen LogP contribution in [0.5, 0.6) is 0 Å². The Morgan fingerprint density at radius 3 is 2.36 bits per heavy atom. The highest BCUT2D eigenvalue weighted by Crippen LogP contribution is 2.43. The van der Waals surface area contributed by atoms with Crippen LogP contribution < -0.4 is 5.73 Å². The summed E-state index contributed by atoms with van der Waals surface area (Å²) in [5.41, 5.74) is 6.07. The van der Waals surface area contributed by atoms with Crippen molar-refractivity contribution in [2.24, 2.45) is 23.0 Å². The molecule has 0 heterocycles. The molecule has 3 atom stereocenters. The van der Waals surface area contributed by atoms with Crippen LogP contribution in [0, 0.1) is 17.3 Å². The lowest BCUT2D eigenvalue weighted by Gasteiger charge is -2.31. The monoisotopic (exact) mass is 199 g/mol. The lowest BCUT2D eigenvalue weighted by atomic mass is 9.74. The van der Waals surface area contributed by atoms with Crippen molar-refractivity contribution in [3.8, 4) is 0 Å². The molecule has 0 aliphatic heterocycles. The van der Waals surface area contributed by atoms with E-state index in [1.165, 1.54) is 7.11 Å². The van der Waals surface area contributed by atoms with Gasteiger partial charge in [0.1, 0.15) is 0 Å². The van der Waals surface area contributed by atoms with Gasteiger partial charge < -0.3 is 10.5 Å². The normalized spacial score (nSPS) is 33.1. The summed E-state index contributed by atoms with van der Waals surface area (Å²) in [6, 6.07) is -0.0216. The van der Waals surface area contributed by atoms with Crippen molar-refractivity contribution in [1.29, 1.82) is 0 Å². The average molecular weight is 199 g/mol. The zero-order chi connectivity index (χ0) is 10.9. The van der Waals surface area contributed by atoms with Crippen molar-refractivity contribution in [3.05, 3.63) is 0 Å². The van der Waals surface area contributed by atoms with Crippen LogP contribution in [0.4, 0.5) is 0 Å². The minimum Gasteiger partial charge on any atom is -0.469 e. The van der Waals surface area contributed by atoms with Gasteiger partial charge in [-0.1, -0.05) is 20.8 Å². The Kier molecular flexibility index (Phi) is 3.20. The van der Waals surface area contributed by atoms with Crippen LogP contribution in [-0.2, 0) is 9.53 Å². The fourth-order valence-electron chi connectivity index (χ4n) is 2.48. The Bertz CT molecular complexity index is 220. The molecule has 14 heavy (non-hydrogen) atoms. The molecule has 0 radical (unpaired) electrons. The first kappa shape index (κ1) is 11.5. The van der Waals surface area contributed by atoms with Gasteiger partial charge in [-0.2, -0.15) is 0 Å². The standard InChI is InChI=1S/C11H21NO2/c1-11(2,3)7-5-6-8(12)9(7)10(13)14-4/h7-9H,5-6,12H2,1-4H3. The predicted octanol–water partition coefficient (Wildman–Crippen LogP) is 1.56. The van der Waals surface area contributed by atoms with E-state index in [9.17, 15) is 4.79 Å².